The number of nitrogens with zero attached hydrogens (tertiary/aromatic N) is 5. The van der Waals surface area contributed by atoms with Gasteiger partial charge in [-0.05, 0) is 38.0 Å². The summed E-state index contributed by atoms with van der Waals surface area (Å²) in [5.41, 5.74) is 1.53. The van der Waals surface area contributed by atoms with Crippen LogP contribution >= 0.6 is 0 Å². The standard InChI is InChI=1S/C20H18N6O2/c1-11-10-14(15-18(21-11)25(2)20(28)23-19(15)27)17-22-16(12-8-9-12)24-26(17)13-6-4-3-5-7-13/h3-7,10,12H,8-9H2,1-2H3,(H,23,27,28). The van der Waals surface area contributed by atoms with Gasteiger partial charge in [0.05, 0.1) is 11.1 Å². The first kappa shape index (κ1) is 16.6. The summed E-state index contributed by atoms with van der Waals surface area (Å²) in [6.45, 7) is 1.83. The van der Waals surface area contributed by atoms with Gasteiger partial charge in [0.15, 0.2) is 11.6 Å². The summed E-state index contributed by atoms with van der Waals surface area (Å²) in [6, 6.07) is 11.5. The van der Waals surface area contributed by atoms with Crippen LogP contribution in [-0.4, -0.2) is 29.3 Å². The van der Waals surface area contributed by atoms with Crippen LogP contribution in [0.4, 0.5) is 0 Å². The van der Waals surface area contributed by atoms with Crippen LogP contribution < -0.4 is 11.2 Å². The van der Waals surface area contributed by atoms with E-state index < -0.39 is 11.2 Å². The zero-order valence-corrected chi connectivity index (χ0v) is 15.5. The normalized spacial score (nSPS) is 13.9. The molecule has 1 saturated carbocycles. The minimum absolute atomic E-state index is 0.333. The van der Waals surface area contributed by atoms with Crippen molar-refractivity contribution in [1.82, 2.24) is 29.3 Å². The van der Waals surface area contributed by atoms with E-state index in [9.17, 15) is 9.59 Å². The predicted molar refractivity (Wildman–Crippen MR) is 105 cm³/mol. The Kier molecular flexibility index (Phi) is 3.55. The summed E-state index contributed by atoms with van der Waals surface area (Å²) >= 11 is 0. The summed E-state index contributed by atoms with van der Waals surface area (Å²) in [5.74, 6) is 1.72. The Labute approximate surface area is 159 Å². The van der Waals surface area contributed by atoms with Gasteiger partial charge in [-0.2, -0.15) is 5.10 Å². The van der Waals surface area contributed by atoms with Crippen LogP contribution in [0.5, 0.6) is 0 Å². The number of benzene rings is 1. The van der Waals surface area contributed by atoms with Crippen molar-refractivity contribution in [2.45, 2.75) is 25.7 Å². The molecular weight excluding hydrogens is 356 g/mol. The first-order valence-electron chi connectivity index (χ1n) is 9.16. The maximum absolute atomic E-state index is 12.7. The van der Waals surface area contributed by atoms with Crippen molar-refractivity contribution in [3.05, 3.63) is 68.8 Å². The van der Waals surface area contributed by atoms with Gasteiger partial charge < -0.3 is 0 Å². The van der Waals surface area contributed by atoms with Gasteiger partial charge in [-0.15, -0.1) is 0 Å². The van der Waals surface area contributed by atoms with E-state index in [1.54, 1.807) is 11.7 Å². The second-order valence-corrected chi connectivity index (χ2v) is 7.14. The predicted octanol–water partition coefficient (Wildman–Crippen LogP) is 2.06. The van der Waals surface area contributed by atoms with E-state index in [0.717, 1.165) is 24.4 Å². The molecule has 0 saturated heterocycles. The highest BCUT2D eigenvalue weighted by Crippen LogP contribution is 2.39. The average molecular weight is 374 g/mol. The monoisotopic (exact) mass is 374 g/mol. The number of rotatable bonds is 3. The molecule has 0 unspecified atom stereocenters. The number of hydrogen-bond donors (Lipinski definition) is 1. The lowest BCUT2D eigenvalue weighted by molar-refractivity contribution is 0.824. The molecule has 8 nitrogen and oxygen atoms in total. The summed E-state index contributed by atoms with van der Waals surface area (Å²) in [5, 5.41) is 5.06. The third-order valence-corrected chi connectivity index (χ3v) is 5.01. The van der Waals surface area contributed by atoms with E-state index in [1.165, 1.54) is 4.57 Å². The third-order valence-electron chi connectivity index (χ3n) is 5.01. The first-order chi connectivity index (χ1) is 13.5. The Hall–Kier alpha value is -3.55. The summed E-state index contributed by atoms with van der Waals surface area (Å²) < 4.78 is 3.12. The van der Waals surface area contributed by atoms with Crippen molar-refractivity contribution in [3.63, 3.8) is 0 Å². The fourth-order valence-corrected chi connectivity index (χ4v) is 3.41. The zero-order chi connectivity index (χ0) is 19.4. The number of aromatic nitrogens is 6. The molecule has 0 spiro atoms. The molecule has 1 aliphatic rings. The highest BCUT2D eigenvalue weighted by atomic mass is 16.2. The average Bonchev–Trinajstić information content (AvgIpc) is 3.44. The van der Waals surface area contributed by atoms with Crippen molar-refractivity contribution in [2.75, 3.05) is 0 Å². The molecule has 0 radical (unpaired) electrons. The molecule has 8 heteroatoms. The molecule has 28 heavy (non-hydrogen) atoms. The number of para-hydroxylation sites is 1. The van der Waals surface area contributed by atoms with E-state index in [0.29, 0.717) is 34.0 Å². The second-order valence-electron chi connectivity index (χ2n) is 7.14. The molecule has 1 aromatic carbocycles. The number of aryl methyl sites for hydroxylation is 2. The number of fused-ring (bicyclic) bond motifs is 1. The Morgan fingerprint density at radius 3 is 2.57 bits per heavy atom. The SMILES string of the molecule is Cc1cc(-c2nc(C3CC3)nn2-c2ccccc2)c2c(=O)[nH]c(=O)n(C)c2n1. The highest BCUT2D eigenvalue weighted by molar-refractivity contribution is 5.90. The molecule has 4 aromatic rings. The van der Waals surface area contributed by atoms with E-state index in [-0.39, 0.29) is 0 Å². The number of pyridine rings is 1. The lowest BCUT2D eigenvalue weighted by Crippen LogP contribution is -2.29. The van der Waals surface area contributed by atoms with Gasteiger partial charge in [-0.3, -0.25) is 14.3 Å². The molecule has 0 amide bonds. The Balaban J connectivity index is 1.88. The molecule has 0 atom stereocenters. The topological polar surface area (TPSA) is 98.5 Å². The van der Waals surface area contributed by atoms with Gasteiger partial charge >= 0.3 is 5.69 Å². The smallest absolute Gasteiger partial charge is 0.281 e. The van der Waals surface area contributed by atoms with Crippen LogP contribution in [0.3, 0.4) is 0 Å². The van der Waals surface area contributed by atoms with Gasteiger partial charge in [0, 0.05) is 24.2 Å². The molecule has 1 aliphatic carbocycles. The van der Waals surface area contributed by atoms with Crippen molar-refractivity contribution in [2.24, 2.45) is 7.05 Å². The summed E-state index contributed by atoms with van der Waals surface area (Å²) in [7, 11) is 1.59. The first-order valence-corrected chi connectivity index (χ1v) is 9.16. The van der Waals surface area contributed by atoms with Gasteiger partial charge in [-0.25, -0.2) is 19.4 Å². The van der Waals surface area contributed by atoms with Crippen LogP contribution in [0.15, 0.2) is 46.0 Å². The van der Waals surface area contributed by atoms with Crippen LogP contribution in [-0.2, 0) is 7.05 Å². The number of nitrogens with one attached hydrogen (secondary N) is 1. The second kappa shape index (κ2) is 5.98. The Morgan fingerprint density at radius 1 is 1.11 bits per heavy atom. The van der Waals surface area contributed by atoms with E-state index in [2.05, 4.69) is 9.97 Å². The zero-order valence-electron chi connectivity index (χ0n) is 15.5. The minimum Gasteiger partial charge on any atom is -0.281 e. The summed E-state index contributed by atoms with van der Waals surface area (Å²) in [4.78, 5) is 36.3. The van der Waals surface area contributed by atoms with Crippen LogP contribution in [0, 0.1) is 6.92 Å². The van der Waals surface area contributed by atoms with Gasteiger partial charge in [0.25, 0.3) is 5.56 Å². The molecule has 1 N–H and O–H groups in total. The van der Waals surface area contributed by atoms with Crippen molar-refractivity contribution < 1.29 is 0 Å². The van der Waals surface area contributed by atoms with Crippen LogP contribution in [0.1, 0.15) is 30.3 Å². The lowest BCUT2D eigenvalue weighted by atomic mass is 10.1. The maximum Gasteiger partial charge on any atom is 0.329 e. The Morgan fingerprint density at radius 2 is 1.86 bits per heavy atom. The van der Waals surface area contributed by atoms with Crippen molar-refractivity contribution >= 4 is 11.0 Å². The molecule has 3 aromatic heterocycles. The maximum atomic E-state index is 12.7. The number of H-pyrrole nitrogens is 1. The molecule has 3 heterocycles. The number of aromatic amines is 1. The molecular formula is C20H18N6O2. The minimum atomic E-state index is -0.496. The van der Waals surface area contributed by atoms with Crippen molar-refractivity contribution in [3.8, 4) is 17.1 Å². The fourth-order valence-electron chi connectivity index (χ4n) is 3.41. The van der Waals surface area contributed by atoms with Crippen molar-refractivity contribution in [1.29, 1.82) is 0 Å². The van der Waals surface area contributed by atoms with E-state index >= 15 is 0 Å². The van der Waals surface area contributed by atoms with E-state index in [1.807, 2.05) is 43.3 Å². The fraction of sp³-hybridized carbons (Fsp3) is 0.250. The van der Waals surface area contributed by atoms with Crippen LogP contribution in [0.25, 0.3) is 28.1 Å². The molecule has 5 rings (SSSR count). The molecule has 0 aliphatic heterocycles. The van der Waals surface area contributed by atoms with Crippen LogP contribution in [0.2, 0.25) is 0 Å². The number of hydrogen-bond acceptors (Lipinski definition) is 5. The highest BCUT2D eigenvalue weighted by Gasteiger charge is 2.30. The lowest BCUT2D eigenvalue weighted by Gasteiger charge is -2.10. The summed E-state index contributed by atoms with van der Waals surface area (Å²) in [6.07, 6.45) is 2.15. The molecule has 140 valence electrons. The van der Waals surface area contributed by atoms with E-state index in [4.69, 9.17) is 10.1 Å². The van der Waals surface area contributed by atoms with Gasteiger partial charge in [0.1, 0.15) is 5.65 Å². The molecule has 1 fully saturated rings. The molecule has 0 bridgehead atoms. The van der Waals surface area contributed by atoms with Gasteiger partial charge in [0.2, 0.25) is 0 Å². The van der Waals surface area contributed by atoms with Gasteiger partial charge in [-0.1, -0.05) is 18.2 Å². The largest absolute Gasteiger partial charge is 0.329 e. The third kappa shape index (κ3) is 2.57. The quantitative estimate of drug-likeness (QED) is 0.592. The Bertz CT molecular complexity index is 1330.